The van der Waals surface area contributed by atoms with Gasteiger partial charge in [-0.2, -0.15) is 0 Å². The number of nitrogens with zero attached hydrogens (tertiary/aromatic N) is 1. The van der Waals surface area contributed by atoms with E-state index >= 15 is 0 Å². The summed E-state index contributed by atoms with van der Waals surface area (Å²) in [6.07, 6.45) is 2.75. The van der Waals surface area contributed by atoms with E-state index in [1.54, 1.807) is 0 Å². The lowest BCUT2D eigenvalue weighted by molar-refractivity contribution is 0.1000. The van der Waals surface area contributed by atoms with Gasteiger partial charge in [0.2, 0.25) is 15.9 Å². The van der Waals surface area contributed by atoms with E-state index in [1.807, 2.05) is 0 Å². The third-order valence-corrected chi connectivity index (χ3v) is 5.43. The molecule has 1 aromatic carbocycles. The summed E-state index contributed by atoms with van der Waals surface area (Å²) in [7, 11) is -3.55. The number of rotatable bonds is 6. The van der Waals surface area contributed by atoms with Gasteiger partial charge >= 0.3 is 0 Å². The summed E-state index contributed by atoms with van der Waals surface area (Å²) in [6, 6.07) is 5.65. The summed E-state index contributed by atoms with van der Waals surface area (Å²) in [5, 5.41) is 0. The Hall–Kier alpha value is -1.44. The monoisotopic (exact) mass is 325 g/mol. The van der Waals surface area contributed by atoms with Crippen LogP contribution in [-0.4, -0.2) is 44.9 Å². The maximum Gasteiger partial charge on any atom is 0.248 e. The van der Waals surface area contributed by atoms with Gasteiger partial charge < -0.3 is 10.6 Å². The number of benzene rings is 1. The first kappa shape index (κ1) is 16.9. The fraction of sp³-hybridized carbons (Fsp3) is 0.533. The van der Waals surface area contributed by atoms with E-state index in [9.17, 15) is 13.2 Å². The van der Waals surface area contributed by atoms with E-state index in [1.165, 1.54) is 24.3 Å². The number of carbonyl (C=O) groups is 1. The van der Waals surface area contributed by atoms with Crippen molar-refractivity contribution in [2.24, 2.45) is 5.73 Å². The van der Waals surface area contributed by atoms with Crippen molar-refractivity contribution in [1.29, 1.82) is 0 Å². The fourth-order valence-electron chi connectivity index (χ4n) is 2.68. The molecule has 3 N–H and O–H groups in total. The summed E-state index contributed by atoms with van der Waals surface area (Å²) in [5.41, 5.74) is 5.45. The van der Waals surface area contributed by atoms with Crippen molar-refractivity contribution >= 4 is 15.9 Å². The molecule has 0 unspecified atom stereocenters. The highest BCUT2D eigenvalue weighted by Gasteiger charge is 2.24. The Balaban J connectivity index is 1.98. The Kier molecular flexibility index (Phi) is 5.55. The van der Waals surface area contributed by atoms with Crippen LogP contribution in [0.2, 0.25) is 0 Å². The Morgan fingerprint density at radius 3 is 2.36 bits per heavy atom. The molecule has 2 rings (SSSR count). The number of hydrogen-bond acceptors (Lipinski definition) is 4. The Labute approximate surface area is 131 Å². The van der Waals surface area contributed by atoms with Crippen LogP contribution >= 0.6 is 0 Å². The first-order chi connectivity index (χ1) is 10.4. The summed E-state index contributed by atoms with van der Waals surface area (Å²) < 4.78 is 27.4. The van der Waals surface area contributed by atoms with Gasteiger partial charge in [0.05, 0.1) is 4.90 Å². The molecule has 1 aliphatic rings. The molecule has 0 saturated carbocycles. The van der Waals surface area contributed by atoms with Gasteiger partial charge in [0.15, 0.2) is 0 Å². The SMILES string of the molecule is CCCN1CCC(NS(=O)(=O)c2ccc(C(N)=O)cc2)CC1. The molecule has 122 valence electrons. The zero-order valence-electron chi connectivity index (χ0n) is 12.8. The maximum absolute atomic E-state index is 12.3. The van der Waals surface area contributed by atoms with Gasteiger partial charge in [0.25, 0.3) is 0 Å². The normalized spacial score (nSPS) is 17.5. The van der Waals surface area contributed by atoms with Crippen LogP contribution < -0.4 is 10.5 Å². The minimum atomic E-state index is -3.55. The molecular formula is C15H23N3O3S. The van der Waals surface area contributed by atoms with Gasteiger partial charge in [-0.15, -0.1) is 0 Å². The summed E-state index contributed by atoms with van der Waals surface area (Å²) in [6.45, 7) is 5.04. The largest absolute Gasteiger partial charge is 0.366 e. The van der Waals surface area contributed by atoms with Crippen molar-refractivity contribution in [3.63, 3.8) is 0 Å². The Morgan fingerprint density at radius 1 is 1.27 bits per heavy atom. The average molecular weight is 325 g/mol. The van der Waals surface area contributed by atoms with E-state index < -0.39 is 15.9 Å². The van der Waals surface area contributed by atoms with Crippen molar-refractivity contribution in [2.45, 2.75) is 37.1 Å². The van der Waals surface area contributed by atoms with Crippen LogP contribution in [0, 0.1) is 0 Å². The van der Waals surface area contributed by atoms with Crippen molar-refractivity contribution in [2.75, 3.05) is 19.6 Å². The summed E-state index contributed by atoms with van der Waals surface area (Å²) in [5.74, 6) is -0.569. The molecule has 1 saturated heterocycles. The highest BCUT2D eigenvalue weighted by Crippen LogP contribution is 2.15. The lowest BCUT2D eigenvalue weighted by Gasteiger charge is -2.31. The summed E-state index contributed by atoms with van der Waals surface area (Å²) >= 11 is 0. The van der Waals surface area contributed by atoms with Crippen molar-refractivity contribution in [1.82, 2.24) is 9.62 Å². The predicted octanol–water partition coefficient (Wildman–Crippen LogP) is 0.938. The molecule has 1 amide bonds. The third kappa shape index (κ3) is 4.28. The number of sulfonamides is 1. The Morgan fingerprint density at radius 2 is 1.86 bits per heavy atom. The number of piperidine rings is 1. The molecule has 1 aromatic rings. The minimum absolute atomic E-state index is 0.0334. The van der Waals surface area contributed by atoms with Crippen molar-refractivity contribution < 1.29 is 13.2 Å². The van der Waals surface area contributed by atoms with Gasteiger partial charge in [-0.1, -0.05) is 6.92 Å². The molecule has 0 aromatic heterocycles. The molecule has 0 aliphatic carbocycles. The maximum atomic E-state index is 12.3. The van der Waals surface area contributed by atoms with Gasteiger partial charge in [0, 0.05) is 11.6 Å². The molecule has 0 radical (unpaired) electrons. The smallest absolute Gasteiger partial charge is 0.248 e. The van der Waals surface area contributed by atoms with Crippen LogP contribution in [0.1, 0.15) is 36.5 Å². The van der Waals surface area contributed by atoms with Crippen LogP contribution in [0.4, 0.5) is 0 Å². The average Bonchev–Trinajstić information content (AvgIpc) is 2.49. The zero-order valence-corrected chi connectivity index (χ0v) is 13.6. The fourth-order valence-corrected chi connectivity index (χ4v) is 3.98. The van der Waals surface area contributed by atoms with E-state index in [4.69, 9.17) is 5.73 Å². The van der Waals surface area contributed by atoms with E-state index in [0.717, 1.165) is 38.9 Å². The number of likely N-dealkylation sites (tertiary alicyclic amines) is 1. The highest BCUT2D eigenvalue weighted by molar-refractivity contribution is 7.89. The topological polar surface area (TPSA) is 92.5 Å². The standard InChI is InChI=1S/C15H23N3O3S/c1-2-9-18-10-7-13(8-11-18)17-22(20,21)14-5-3-12(4-6-14)15(16)19/h3-6,13,17H,2,7-11H2,1H3,(H2,16,19). The van der Waals surface area contributed by atoms with Gasteiger partial charge in [0.1, 0.15) is 0 Å². The van der Waals surface area contributed by atoms with Gasteiger partial charge in [-0.05, 0) is 63.2 Å². The van der Waals surface area contributed by atoms with Crippen LogP contribution in [0.5, 0.6) is 0 Å². The molecule has 0 spiro atoms. The molecule has 0 bridgehead atoms. The highest BCUT2D eigenvalue weighted by atomic mass is 32.2. The van der Waals surface area contributed by atoms with Crippen LogP contribution in [0.3, 0.4) is 0 Å². The second kappa shape index (κ2) is 7.21. The first-order valence-corrected chi connectivity index (χ1v) is 9.05. The van der Waals surface area contributed by atoms with Crippen LogP contribution in [0.15, 0.2) is 29.2 Å². The molecule has 7 heteroatoms. The van der Waals surface area contributed by atoms with E-state index in [-0.39, 0.29) is 10.9 Å². The zero-order chi connectivity index (χ0) is 16.2. The Bertz CT molecular complexity index is 605. The molecule has 1 heterocycles. The van der Waals surface area contributed by atoms with Crippen molar-refractivity contribution in [3.8, 4) is 0 Å². The lowest BCUT2D eigenvalue weighted by atomic mass is 10.1. The molecule has 1 fully saturated rings. The number of hydrogen-bond donors (Lipinski definition) is 2. The second-order valence-electron chi connectivity index (χ2n) is 5.63. The van der Waals surface area contributed by atoms with Gasteiger partial charge in [-0.3, -0.25) is 4.79 Å². The van der Waals surface area contributed by atoms with Crippen LogP contribution in [-0.2, 0) is 10.0 Å². The molecule has 0 atom stereocenters. The number of carbonyl (C=O) groups excluding carboxylic acids is 1. The second-order valence-corrected chi connectivity index (χ2v) is 7.34. The predicted molar refractivity (Wildman–Crippen MR) is 85.0 cm³/mol. The number of primary amides is 1. The number of nitrogens with one attached hydrogen (secondary N) is 1. The lowest BCUT2D eigenvalue weighted by Crippen LogP contribution is -2.44. The molecular weight excluding hydrogens is 302 g/mol. The quantitative estimate of drug-likeness (QED) is 0.814. The van der Waals surface area contributed by atoms with Crippen LogP contribution in [0.25, 0.3) is 0 Å². The molecule has 1 aliphatic heterocycles. The molecule has 22 heavy (non-hydrogen) atoms. The van der Waals surface area contributed by atoms with E-state index in [0.29, 0.717) is 5.56 Å². The summed E-state index contributed by atoms with van der Waals surface area (Å²) in [4.78, 5) is 13.5. The third-order valence-electron chi connectivity index (χ3n) is 3.90. The minimum Gasteiger partial charge on any atom is -0.366 e. The number of amides is 1. The van der Waals surface area contributed by atoms with Crippen molar-refractivity contribution in [3.05, 3.63) is 29.8 Å². The number of nitrogens with two attached hydrogens (primary N) is 1. The molecule has 6 nitrogen and oxygen atoms in total. The van der Waals surface area contributed by atoms with E-state index in [2.05, 4.69) is 16.5 Å². The van der Waals surface area contributed by atoms with Gasteiger partial charge in [-0.25, -0.2) is 13.1 Å². The first-order valence-electron chi connectivity index (χ1n) is 7.57.